The number of nitrogen functional groups attached to an aromatic ring is 1. The van der Waals surface area contributed by atoms with Crippen molar-refractivity contribution in [2.75, 3.05) is 16.4 Å². The Labute approximate surface area is 259 Å². The van der Waals surface area contributed by atoms with Gasteiger partial charge in [-0.1, -0.05) is 71.1 Å². The predicted molar refractivity (Wildman–Crippen MR) is 175 cm³/mol. The molecule has 0 aliphatic carbocycles. The first-order chi connectivity index (χ1) is 20.8. The fourth-order valence-corrected chi connectivity index (χ4v) is 4.47. The van der Waals surface area contributed by atoms with Gasteiger partial charge in [-0.25, -0.2) is 0 Å². The Balaban J connectivity index is 1.28. The molecule has 0 aliphatic heterocycles. The Morgan fingerprint density at radius 2 is 0.884 bits per heavy atom. The first kappa shape index (κ1) is 29.0. The van der Waals surface area contributed by atoms with E-state index < -0.39 is 11.8 Å². The van der Waals surface area contributed by atoms with E-state index in [1.54, 1.807) is 60.7 Å². The van der Waals surface area contributed by atoms with Gasteiger partial charge in [0.1, 0.15) is 0 Å². The first-order valence-corrected chi connectivity index (χ1v) is 13.8. The minimum Gasteiger partial charge on any atom is -0.399 e. The van der Waals surface area contributed by atoms with E-state index in [1.165, 1.54) is 18.2 Å². The Bertz CT molecular complexity index is 1840. The SMILES string of the molecule is Nc1cc(C(=O)Nc2cccc(C#Cc3cccc(Cl)c3)c2)cc(C(=O)Nc2cccc(C#Cc3cccc(Cl)c3)c2)c1. The Morgan fingerprint density at radius 3 is 1.28 bits per heavy atom. The third kappa shape index (κ3) is 8.28. The van der Waals surface area contributed by atoms with Gasteiger partial charge in [0.2, 0.25) is 0 Å². The van der Waals surface area contributed by atoms with Crippen LogP contribution in [0.5, 0.6) is 0 Å². The van der Waals surface area contributed by atoms with Crippen LogP contribution in [0.2, 0.25) is 10.0 Å². The van der Waals surface area contributed by atoms with E-state index in [9.17, 15) is 9.59 Å². The van der Waals surface area contributed by atoms with Crippen LogP contribution in [0.15, 0.2) is 115 Å². The van der Waals surface area contributed by atoms with Crippen LogP contribution < -0.4 is 16.4 Å². The van der Waals surface area contributed by atoms with Gasteiger partial charge in [-0.15, -0.1) is 0 Å². The van der Waals surface area contributed by atoms with Crippen molar-refractivity contribution in [3.05, 3.63) is 159 Å². The van der Waals surface area contributed by atoms with E-state index >= 15 is 0 Å². The molecule has 4 N–H and O–H groups in total. The number of benzene rings is 5. The van der Waals surface area contributed by atoms with Crippen LogP contribution in [-0.4, -0.2) is 11.8 Å². The van der Waals surface area contributed by atoms with Crippen molar-refractivity contribution in [1.29, 1.82) is 0 Å². The molecule has 5 aromatic rings. The van der Waals surface area contributed by atoms with Crippen molar-refractivity contribution in [2.45, 2.75) is 0 Å². The maximum Gasteiger partial charge on any atom is 0.255 e. The highest BCUT2D eigenvalue weighted by molar-refractivity contribution is 6.31. The summed E-state index contributed by atoms with van der Waals surface area (Å²) in [5.74, 6) is 11.4. The quantitative estimate of drug-likeness (QED) is 0.145. The Morgan fingerprint density at radius 1 is 0.512 bits per heavy atom. The van der Waals surface area contributed by atoms with Crippen molar-refractivity contribution in [1.82, 2.24) is 0 Å². The summed E-state index contributed by atoms with van der Waals surface area (Å²) in [6.07, 6.45) is 0. The van der Waals surface area contributed by atoms with Crippen LogP contribution in [-0.2, 0) is 0 Å². The van der Waals surface area contributed by atoms with Gasteiger partial charge in [-0.2, -0.15) is 0 Å². The van der Waals surface area contributed by atoms with Crippen LogP contribution in [0.25, 0.3) is 0 Å². The number of nitrogens with one attached hydrogen (secondary N) is 2. The summed E-state index contributed by atoms with van der Waals surface area (Å²) in [6, 6.07) is 33.4. The molecule has 0 unspecified atom stereocenters. The van der Waals surface area contributed by atoms with Crippen LogP contribution >= 0.6 is 23.2 Å². The molecular weight excluding hydrogens is 577 g/mol. The van der Waals surface area contributed by atoms with Crippen LogP contribution in [0.3, 0.4) is 0 Å². The van der Waals surface area contributed by atoms with Crippen molar-refractivity contribution < 1.29 is 9.59 Å². The summed E-state index contributed by atoms with van der Waals surface area (Å²) < 4.78 is 0. The second kappa shape index (κ2) is 13.5. The van der Waals surface area contributed by atoms with Gasteiger partial charge in [-0.05, 0) is 91.0 Å². The lowest BCUT2D eigenvalue weighted by molar-refractivity contribution is 0.102. The second-order valence-corrected chi connectivity index (χ2v) is 10.3. The minimum absolute atomic E-state index is 0.238. The maximum atomic E-state index is 13.1. The summed E-state index contributed by atoms with van der Waals surface area (Å²) in [4.78, 5) is 26.2. The Kier molecular flexibility index (Phi) is 9.10. The highest BCUT2D eigenvalue weighted by atomic mass is 35.5. The number of hydrogen-bond donors (Lipinski definition) is 3. The molecule has 2 amide bonds. The molecule has 0 radical (unpaired) electrons. The number of amides is 2. The van der Waals surface area contributed by atoms with Crippen molar-refractivity contribution in [3.8, 4) is 23.7 Å². The first-order valence-electron chi connectivity index (χ1n) is 13.1. The molecule has 5 nitrogen and oxygen atoms in total. The summed E-state index contributed by atoms with van der Waals surface area (Å²) >= 11 is 12.1. The number of carbonyl (C=O) groups excluding carboxylic acids is 2. The molecule has 0 aromatic heterocycles. The van der Waals surface area contributed by atoms with E-state index in [-0.39, 0.29) is 16.8 Å². The molecular formula is C36H23Cl2N3O2. The van der Waals surface area contributed by atoms with Gasteiger partial charge >= 0.3 is 0 Å². The fraction of sp³-hybridized carbons (Fsp3) is 0. The number of anilines is 3. The molecule has 43 heavy (non-hydrogen) atoms. The molecule has 7 heteroatoms. The largest absolute Gasteiger partial charge is 0.399 e. The predicted octanol–water partition coefficient (Wildman–Crippen LogP) is 7.88. The number of nitrogens with two attached hydrogens (primary N) is 1. The van der Waals surface area contributed by atoms with E-state index in [4.69, 9.17) is 28.9 Å². The molecule has 0 bridgehead atoms. The molecule has 208 valence electrons. The summed E-state index contributed by atoms with van der Waals surface area (Å²) in [5, 5.41) is 6.91. The van der Waals surface area contributed by atoms with Gasteiger partial charge < -0.3 is 16.4 Å². The topological polar surface area (TPSA) is 84.2 Å². The summed E-state index contributed by atoms with van der Waals surface area (Å²) in [7, 11) is 0. The molecule has 0 aliphatic rings. The zero-order valence-corrected chi connectivity index (χ0v) is 24.1. The molecule has 0 spiro atoms. The molecule has 5 rings (SSSR count). The van der Waals surface area contributed by atoms with Crippen LogP contribution in [0.1, 0.15) is 43.0 Å². The van der Waals surface area contributed by atoms with E-state index in [0.29, 0.717) is 32.5 Å². The van der Waals surface area contributed by atoms with Crippen molar-refractivity contribution in [2.24, 2.45) is 0 Å². The lowest BCUT2D eigenvalue weighted by Gasteiger charge is -2.10. The van der Waals surface area contributed by atoms with Crippen LogP contribution in [0, 0.1) is 23.7 Å². The minimum atomic E-state index is -0.417. The number of rotatable bonds is 4. The normalized spacial score (nSPS) is 10.0. The standard InChI is InChI=1S/C36H23Cl2N3O2/c37-30-9-1-5-24(17-30)13-15-26-7-3-11-33(19-26)40-35(42)28-21-29(23-32(39)22-28)36(43)41-34-12-4-8-27(20-34)16-14-25-6-2-10-31(38)18-25/h1-12,17-23H,39H2,(H,40,42)(H,41,43). The van der Waals surface area contributed by atoms with Gasteiger partial charge in [0.05, 0.1) is 0 Å². The average molecular weight is 601 g/mol. The summed E-state index contributed by atoms with van der Waals surface area (Å²) in [6.45, 7) is 0. The maximum absolute atomic E-state index is 13.1. The smallest absolute Gasteiger partial charge is 0.255 e. The van der Waals surface area contributed by atoms with Gasteiger partial charge in [-0.3, -0.25) is 9.59 Å². The molecule has 5 aromatic carbocycles. The summed E-state index contributed by atoms with van der Waals surface area (Å²) in [5.41, 5.74) is 10.9. The highest BCUT2D eigenvalue weighted by Crippen LogP contribution is 2.19. The lowest BCUT2D eigenvalue weighted by atomic mass is 10.1. The number of halogens is 2. The van der Waals surface area contributed by atoms with E-state index in [2.05, 4.69) is 34.3 Å². The molecule has 0 atom stereocenters. The fourth-order valence-electron chi connectivity index (χ4n) is 4.09. The third-order valence-electron chi connectivity index (χ3n) is 6.07. The molecule has 0 fully saturated rings. The van der Waals surface area contributed by atoms with E-state index in [0.717, 1.165) is 11.1 Å². The van der Waals surface area contributed by atoms with Crippen molar-refractivity contribution in [3.63, 3.8) is 0 Å². The third-order valence-corrected chi connectivity index (χ3v) is 6.54. The molecule has 0 saturated heterocycles. The Hall–Kier alpha value is -5.46. The van der Waals surface area contributed by atoms with Crippen molar-refractivity contribution >= 4 is 52.1 Å². The van der Waals surface area contributed by atoms with Gasteiger partial charge in [0.15, 0.2) is 0 Å². The molecule has 0 saturated carbocycles. The monoisotopic (exact) mass is 599 g/mol. The van der Waals surface area contributed by atoms with E-state index in [1.807, 2.05) is 36.4 Å². The number of hydrogen-bond acceptors (Lipinski definition) is 3. The zero-order chi connectivity index (χ0) is 30.2. The molecule has 0 heterocycles. The van der Waals surface area contributed by atoms with Gasteiger partial charge in [0, 0.05) is 60.5 Å². The van der Waals surface area contributed by atoms with Crippen LogP contribution in [0.4, 0.5) is 17.1 Å². The zero-order valence-electron chi connectivity index (χ0n) is 22.6. The van der Waals surface area contributed by atoms with Gasteiger partial charge in [0.25, 0.3) is 11.8 Å². The number of carbonyl (C=O) groups is 2. The second-order valence-electron chi connectivity index (χ2n) is 9.43. The average Bonchev–Trinajstić information content (AvgIpc) is 2.99. The highest BCUT2D eigenvalue weighted by Gasteiger charge is 2.13. The lowest BCUT2D eigenvalue weighted by Crippen LogP contribution is -2.16.